The predicted octanol–water partition coefficient (Wildman–Crippen LogP) is 4.16. The molecule has 3 aromatic rings. The number of rotatable bonds is 11. The molecule has 0 fully saturated rings. The van der Waals surface area contributed by atoms with Crippen molar-refractivity contribution in [3.8, 4) is 11.5 Å². The maximum Gasteiger partial charge on any atom is 0.261 e. The van der Waals surface area contributed by atoms with E-state index in [-0.39, 0.29) is 18.4 Å². The lowest BCUT2D eigenvalue weighted by molar-refractivity contribution is -0.142. The number of carbonyl (C=O) groups excluding carboxylic acids is 2. The molecule has 1 atom stereocenters. The zero-order chi connectivity index (χ0) is 24.3. The molecular formula is C28H32N2O4. The summed E-state index contributed by atoms with van der Waals surface area (Å²) in [6.07, 6.45) is 0.402. The highest BCUT2D eigenvalue weighted by molar-refractivity contribution is 5.88. The number of amides is 2. The smallest absolute Gasteiger partial charge is 0.261 e. The average Bonchev–Trinajstić information content (AvgIpc) is 2.86. The lowest BCUT2D eigenvalue weighted by atomic mass is 10.0. The molecule has 0 unspecified atom stereocenters. The molecule has 0 saturated carbocycles. The number of methoxy groups -OCH3 is 1. The summed E-state index contributed by atoms with van der Waals surface area (Å²) in [7, 11) is 1.55. The first kappa shape index (κ1) is 24.8. The van der Waals surface area contributed by atoms with Gasteiger partial charge in [0.05, 0.1) is 7.11 Å². The van der Waals surface area contributed by atoms with Crippen LogP contribution in [0.5, 0.6) is 11.5 Å². The maximum atomic E-state index is 13.5. The summed E-state index contributed by atoms with van der Waals surface area (Å²) in [4.78, 5) is 28.3. The zero-order valence-electron chi connectivity index (χ0n) is 20.0. The van der Waals surface area contributed by atoms with E-state index in [1.165, 1.54) is 0 Å². The van der Waals surface area contributed by atoms with Crippen LogP contribution in [-0.2, 0) is 22.6 Å². The van der Waals surface area contributed by atoms with Crippen molar-refractivity contribution in [3.05, 3.63) is 95.6 Å². The Labute approximate surface area is 201 Å². The second-order valence-electron chi connectivity index (χ2n) is 8.05. The molecule has 34 heavy (non-hydrogen) atoms. The molecule has 0 heterocycles. The number of benzene rings is 3. The molecule has 1 N–H and O–H groups in total. The van der Waals surface area contributed by atoms with Gasteiger partial charge in [0.25, 0.3) is 5.91 Å². The van der Waals surface area contributed by atoms with Gasteiger partial charge in [-0.3, -0.25) is 9.59 Å². The summed E-state index contributed by atoms with van der Waals surface area (Å²) < 4.78 is 11.1. The van der Waals surface area contributed by atoms with E-state index in [1.807, 2.05) is 80.6 Å². The third kappa shape index (κ3) is 6.85. The van der Waals surface area contributed by atoms with Gasteiger partial charge in [-0.15, -0.1) is 0 Å². The normalized spacial score (nSPS) is 11.4. The fourth-order valence-electron chi connectivity index (χ4n) is 3.70. The molecule has 2 amide bonds. The fourth-order valence-corrected chi connectivity index (χ4v) is 3.70. The van der Waals surface area contributed by atoms with Crippen LogP contribution in [0.25, 0.3) is 0 Å². The van der Waals surface area contributed by atoms with Crippen LogP contribution in [0.2, 0.25) is 0 Å². The number of nitrogens with zero attached hydrogens (tertiary/aromatic N) is 1. The Bertz CT molecular complexity index is 1070. The van der Waals surface area contributed by atoms with Gasteiger partial charge in [0, 0.05) is 19.5 Å². The van der Waals surface area contributed by atoms with Gasteiger partial charge in [0.1, 0.15) is 6.04 Å². The number of nitrogens with one attached hydrogen (secondary N) is 1. The van der Waals surface area contributed by atoms with E-state index in [4.69, 9.17) is 9.47 Å². The van der Waals surface area contributed by atoms with Crippen LogP contribution in [0.1, 0.15) is 23.6 Å². The van der Waals surface area contributed by atoms with Crippen molar-refractivity contribution in [1.29, 1.82) is 0 Å². The third-order valence-electron chi connectivity index (χ3n) is 5.52. The minimum Gasteiger partial charge on any atom is -0.493 e. The van der Waals surface area contributed by atoms with Crippen LogP contribution >= 0.6 is 0 Å². The highest BCUT2D eigenvalue weighted by Gasteiger charge is 2.30. The van der Waals surface area contributed by atoms with Crippen LogP contribution in [0.15, 0.2) is 78.9 Å². The second kappa shape index (κ2) is 12.4. The van der Waals surface area contributed by atoms with Gasteiger partial charge >= 0.3 is 0 Å². The van der Waals surface area contributed by atoms with Gasteiger partial charge in [-0.25, -0.2) is 0 Å². The zero-order valence-corrected chi connectivity index (χ0v) is 20.0. The summed E-state index contributed by atoms with van der Waals surface area (Å²) in [5.74, 6) is 0.555. The fraction of sp³-hybridized carbons (Fsp3) is 0.286. The monoisotopic (exact) mass is 460 g/mol. The molecule has 0 aliphatic rings. The Balaban J connectivity index is 1.89. The third-order valence-corrected chi connectivity index (χ3v) is 5.52. The number of likely N-dealkylation sites (N-methyl/N-ethyl adjacent to an activating group) is 1. The van der Waals surface area contributed by atoms with Crippen molar-refractivity contribution in [2.45, 2.75) is 32.9 Å². The van der Waals surface area contributed by atoms with Crippen LogP contribution in [0.4, 0.5) is 0 Å². The van der Waals surface area contributed by atoms with E-state index in [9.17, 15) is 9.59 Å². The van der Waals surface area contributed by atoms with Crippen molar-refractivity contribution in [1.82, 2.24) is 10.2 Å². The van der Waals surface area contributed by atoms with Gasteiger partial charge < -0.3 is 19.7 Å². The topological polar surface area (TPSA) is 67.9 Å². The van der Waals surface area contributed by atoms with E-state index in [1.54, 1.807) is 24.1 Å². The molecule has 0 aliphatic heterocycles. The van der Waals surface area contributed by atoms with Crippen LogP contribution in [-0.4, -0.2) is 43.0 Å². The SMILES string of the molecule is CCNC(=O)[C@H](Cc1ccccc1)N(Cc1ccc(C)cc1)C(=O)COc1ccccc1OC. The summed E-state index contributed by atoms with van der Waals surface area (Å²) in [5.41, 5.74) is 3.05. The van der Waals surface area contributed by atoms with Gasteiger partial charge in [-0.2, -0.15) is 0 Å². The first-order valence-corrected chi connectivity index (χ1v) is 11.4. The molecule has 0 aromatic heterocycles. The summed E-state index contributed by atoms with van der Waals surface area (Å²) in [6.45, 7) is 4.45. The van der Waals surface area contributed by atoms with Crippen molar-refractivity contribution < 1.29 is 19.1 Å². The van der Waals surface area contributed by atoms with Crippen LogP contribution in [0, 0.1) is 6.92 Å². The molecule has 0 bridgehead atoms. The number of carbonyl (C=O) groups is 2. The van der Waals surface area contributed by atoms with Crippen LogP contribution < -0.4 is 14.8 Å². The van der Waals surface area contributed by atoms with E-state index < -0.39 is 6.04 Å². The van der Waals surface area contributed by atoms with Gasteiger partial charge in [0.15, 0.2) is 18.1 Å². The van der Waals surface area contributed by atoms with Gasteiger partial charge in [-0.1, -0.05) is 72.3 Å². The minimum absolute atomic E-state index is 0.191. The Morgan fingerprint density at radius 2 is 1.53 bits per heavy atom. The largest absolute Gasteiger partial charge is 0.493 e. The molecule has 6 nitrogen and oxygen atoms in total. The second-order valence-corrected chi connectivity index (χ2v) is 8.05. The quantitative estimate of drug-likeness (QED) is 0.467. The molecule has 178 valence electrons. The highest BCUT2D eigenvalue weighted by Crippen LogP contribution is 2.26. The molecule has 0 saturated heterocycles. The van der Waals surface area contributed by atoms with Gasteiger partial charge in [-0.05, 0) is 37.1 Å². The van der Waals surface area contributed by atoms with Crippen molar-refractivity contribution in [2.24, 2.45) is 0 Å². The standard InChI is InChI=1S/C28H32N2O4/c1-4-29-28(32)24(18-22-10-6-5-7-11-22)30(19-23-16-14-21(2)15-17-23)27(31)20-34-26-13-9-8-12-25(26)33-3/h5-17,24H,4,18-20H2,1-3H3,(H,29,32)/t24-/m0/s1. The van der Waals surface area contributed by atoms with E-state index in [0.29, 0.717) is 31.0 Å². The first-order valence-electron chi connectivity index (χ1n) is 11.4. The van der Waals surface area contributed by atoms with E-state index in [0.717, 1.165) is 16.7 Å². The van der Waals surface area contributed by atoms with Gasteiger partial charge in [0.2, 0.25) is 5.91 Å². The number of hydrogen-bond donors (Lipinski definition) is 1. The predicted molar refractivity (Wildman–Crippen MR) is 133 cm³/mol. The van der Waals surface area contributed by atoms with Crippen molar-refractivity contribution in [2.75, 3.05) is 20.3 Å². The first-order chi connectivity index (χ1) is 16.5. The molecule has 6 heteroatoms. The maximum absolute atomic E-state index is 13.5. The number of para-hydroxylation sites is 2. The Morgan fingerprint density at radius 1 is 0.882 bits per heavy atom. The number of aryl methyl sites for hydroxylation is 1. The molecule has 3 aromatic carbocycles. The van der Waals surface area contributed by atoms with Crippen molar-refractivity contribution >= 4 is 11.8 Å². The molecule has 3 rings (SSSR count). The molecule has 0 aliphatic carbocycles. The Hall–Kier alpha value is -3.80. The lowest BCUT2D eigenvalue weighted by Crippen LogP contribution is -2.51. The highest BCUT2D eigenvalue weighted by atomic mass is 16.5. The Kier molecular flexibility index (Phi) is 9.09. The molecule has 0 radical (unpaired) electrons. The lowest BCUT2D eigenvalue weighted by Gasteiger charge is -2.31. The summed E-state index contributed by atoms with van der Waals surface area (Å²) >= 11 is 0. The summed E-state index contributed by atoms with van der Waals surface area (Å²) in [6, 6.07) is 24.2. The average molecular weight is 461 g/mol. The minimum atomic E-state index is -0.683. The summed E-state index contributed by atoms with van der Waals surface area (Å²) in [5, 5.41) is 2.89. The van der Waals surface area contributed by atoms with Crippen LogP contribution in [0.3, 0.4) is 0 Å². The van der Waals surface area contributed by atoms with Crippen molar-refractivity contribution in [3.63, 3.8) is 0 Å². The van der Waals surface area contributed by atoms with E-state index >= 15 is 0 Å². The molecular weight excluding hydrogens is 428 g/mol. The number of ether oxygens (including phenoxy) is 2. The molecule has 0 spiro atoms. The van der Waals surface area contributed by atoms with E-state index in [2.05, 4.69) is 5.32 Å². The Morgan fingerprint density at radius 3 is 2.18 bits per heavy atom. The number of hydrogen-bond acceptors (Lipinski definition) is 4.